The van der Waals surface area contributed by atoms with Crippen LogP contribution in [0.5, 0.6) is 5.88 Å². The standard InChI is InChI=1S/C15H15ClN2O2/c1-2-20-14-7-6-13(10-17-14)18-15(19)12-5-3-4-11(8-12)9-16/h3-8,10H,2,9H2,1H3,(H,18,19). The van der Waals surface area contributed by atoms with Gasteiger partial charge in [0.15, 0.2) is 0 Å². The number of carbonyl (C=O) groups excluding carboxylic acids is 1. The first kappa shape index (κ1) is 14.3. The maximum absolute atomic E-state index is 12.1. The van der Waals surface area contributed by atoms with Gasteiger partial charge in [0.25, 0.3) is 5.91 Å². The van der Waals surface area contributed by atoms with E-state index in [0.717, 1.165) is 5.56 Å². The number of nitrogens with one attached hydrogen (secondary N) is 1. The van der Waals surface area contributed by atoms with Crippen molar-refractivity contribution in [2.24, 2.45) is 0 Å². The molecule has 1 amide bonds. The van der Waals surface area contributed by atoms with Crippen molar-refractivity contribution in [3.8, 4) is 5.88 Å². The summed E-state index contributed by atoms with van der Waals surface area (Å²) in [4.78, 5) is 16.2. The number of carbonyl (C=O) groups is 1. The Bertz CT molecular complexity index is 585. The van der Waals surface area contributed by atoms with Crippen LogP contribution in [0, 0.1) is 0 Å². The van der Waals surface area contributed by atoms with E-state index in [1.54, 1.807) is 30.5 Å². The van der Waals surface area contributed by atoms with Gasteiger partial charge in [-0.2, -0.15) is 0 Å². The van der Waals surface area contributed by atoms with Gasteiger partial charge in [-0.25, -0.2) is 4.98 Å². The second-order valence-electron chi connectivity index (χ2n) is 4.11. The molecular formula is C15H15ClN2O2. The summed E-state index contributed by atoms with van der Waals surface area (Å²) in [5.74, 6) is 0.726. The Morgan fingerprint density at radius 1 is 1.35 bits per heavy atom. The summed E-state index contributed by atoms with van der Waals surface area (Å²) >= 11 is 5.76. The third-order valence-electron chi connectivity index (χ3n) is 2.63. The molecule has 0 atom stereocenters. The van der Waals surface area contributed by atoms with Crippen LogP contribution < -0.4 is 10.1 Å². The molecule has 0 aliphatic carbocycles. The van der Waals surface area contributed by atoms with Crippen LogP contribution in [0.1, 0.15) is 22.8 Å². The van der Waals surface area contributed by atoms with E-state index in [1.165, 1.54) is 0 Å². The average molecular weight is 291 g/mol. The molecule has 104 valence electrons. The van der Waals surface area contributed by atoms with Crippen molar-refractivity contribution in [3.63, 3.8) is 0 Å². The lowest BCUT2D eigenvalue weighted by Gasteiger charge is -2.07. The van der Waals surface area contributed by atoms with Crippen LogP contribution in [0.3, 0.4) is 0 Å². The van der Waals surface area contributed by atoms with E-state index in [4.69, 9.17) is 16.3 Å². The zero-order chi connectivity index (χ0) is 14.4. The molecule has 0 radical (unpaired) electrons. The number of nitrogens with zero attached hydrogens (tertiary/aromatic N) is 1. The van der Waals surface area contributed by atoms with Crippen LogP contribution in [0.2, 0.25) is 0 Å². The Hall–Kier alpha value is -2.07. The molecule has 2 aromatic rings. The van der Waals surface area contributed by atoms with E-state index >= 15 is 0 Å². The summed E-state index contributed by atoms with van der Waals surface area (Å²) < 4.78 is 5.24. The highest BCUT2D eigenvalue weighted by Crippen LogP contribution is 2.14. The van der Waals surface area contributed by atoms with Gasteiger partial charge < -0.3 is 10.1 Å². The normalized spacial score (nSPS) is 10.1. The predicted molar refractivity (Wildman–Crippen MR) is 79.4 cm³/mol. The SMILES string of the molecule is CCOc1ccc(NC(=O)c2cccc(CCl)c2)cn1. The van der Waals surface area contributed by atoms with Gasteiger partial charge >= 0.3 is 0 Å². The monoisotopic (exact) mass is 290 g/mol. The first-order valence-electron chi connectivity index (χ1n) is 6.28. The van der Waals surface area contributed by atoms with E-state index in [2.05, 4.69) is 10.3 Å². The largest absolute Gasteiger partial charge is 0.478 e. The third-order valence-corrected chi connectivity index (χ3v) is 2.94. The van der Waals surface area contributed by atoms with Crippen LogP contribution in [0.15, 0.2) is 42.6 Å². The van der Waals surface area contributed by atoms with Gasteiger partial charge in [0, 0.05) is 17.5 Å². The van der Waals surface area contributed by atoms with E-state index in [-0.39, 0.29) is 5.91 Å². The molecule has 0 saturated carbocycles. The fraction of sp³-hybridized carbons (Fsp3) is 0.200. The number of amides is 1. The summed E-state index contributed by atoms with van der Waals surface area (Å²) in [6.07, 6.45) is 1.56. The minimum Gasteiger partial charge on any atom is -0.478 e. The Labute approximate surface area is 122 Å². The number of rotatable bonds is 5. The molecule has 0 spiro atoms. The number of halogens is 1. The quantitative estimate of drug-likeness (QED) is 0.858. The molecule has 0 aliphatic rings. The summed E-state index contributed by atoms with van der Waals surface area (Å²) in [7, 11) is 0. The third kappa shape index (κ3) is 3.71. The second-order valence-corrected chi connectivity index (χ2v) is 4.37. The highest BCUT2D eigenvalue weighted by molar-refractivity contribution is 6.17. The van der Waals surface area contributed by atoms with E-state index in [0.29, 0.717) is 29.6 Å². The van der Waals surface area contributed by atoms with Crippen molar-refractivity contribution >= 4 is 23.2 Å². The molecule has 0 saturated heterocycles. The van der Waals surface area contributed by atoms with Crippen molar-refractivity contribution in [2.75, 3.05) is 11.9 Å². The molecule has 4 nitrogen and oxygen atoms in total. The molecule has 0 bridgehead atoms. The number of ether oxygens (including phenoxy) is 1. The van der Waals surface area contributed by atoms with Crippen molar-refractivity contribution < 1.29 is 9.53 Å². The van der Waals surface area contributed by atoms with Crippen LogP contribution >= 0.6 is 11.6 Å². The van der Waals surface area contributed by atoms with Crippen LogP contribution in [-0.2, 0) is 5.88 Å². The smallest absolute Gasteiger partial charge is 0.255 e. The molecule has 1 N–H and O–H groups in total. The van der Waals surface area contributed by atoms with Gasteiger partial charge in [0.1, 0.15) is 0 Å². The van der Waals surface area contributed by atoms with E-state index < -0.39 is 0 Å². The molecule has 20 heavy (non-hydrogen) atoms. The van der Waals surface area contributed by atoms with Gasteiger partial charge in [-0.05, 0) is 30.7 Å². The van der Waals surface area contributed by atoms with Gasteiger partial charge in [-0.15, -0.1) is 11.6 Å². The van der Waals surface area contributed by atoms with Gasteiger partial charge in [0.05, 0.1) is 18.5 Å². The zero-order valence-electron chi connectivity index (χ0n) is 11.1. The number of benzene rings is 1. The molecule has 1 heterocycles. The molecular weight excluding hydrogens is 276 g/mol. The van der Waals surface area contributed by atoms with Gasteiger partial charge in [0.2, 0.25) is 5.88 Å². The molecule has 1 aromatic carbocycles. The van der Waals surface area contributed by atoms with Crippen molar-refractivity contribution in [3.05, 3.63) is 53.7 Å². The van der Waals surface area contributed by atoms with Crippen molar-refractivity contribution in [1.29, 1.82) is 0 Å². The van der Waals surface area contributed by atoms with Crippen molar-refractivity contribution in [2.45, 2.75) is 12.8 Å². The van der Waals surface area contributed by atoms with Gasteiger partial charge in [-0.1, -0.05) is 12.1 Å². The molecule has 2 rings (SSSR count). The minimum absolute atomic E-state index is 0.192. The number of pyridine rings is 1. The maximum Gasteiger partial charge on any atom is 0.255 e. The molecule has 0 aliphatic heterocycles. The Kier molecular flexibility index (Phi) is 4.96. The molecule has 1 aromatic heterocycles. The summed E-state index contributed by atoms with van der Waals surface area (Å²) in [5, 5.41) is 2.78. The first-order chi connectivity index (χ1) is 9.72. The summed E-state index contributed by atoms with van der Waals surface area (Å²) in [6, 6.07) is 10.7. The lowest BCUT2D eigenvalue weighted by Crippen LogP contribution is -2.12. The number of hydrogen-bond acceptors (Lipinski definition) is 3. The first-order valence-corrected chi connectivity index (χ1v) is 6.81. The molecule has 0 fully saturated rings. The second kappa shape index (κ2) is 6.91. The summed E-state index contributed by atoms with van der Waals surface area (Å²) in [5.41, 5.74) is 2.09. The fourth-order valence-electron chi connectivity index (χ4n) is 1.69. The number of anilines is 1. The average Bonchev–Trinajstić information content (AvgIpc) is 2.49. The van der Waals surface area contributed by atoms with E-state index in [1.807, 2.05) is 19.1 Å². The van der Waals surface area contributed by atoms with Gasteiger partial charge in [-0.3, -0.25) is 4.79 Å². The maximum atomic E-state index is 12.1. The van der Waals surface area contributed by atoms with Crippen LogP contribution in [0.4, 0.5) is 5.69 Å². The molecule has 0 unspecified atom stereocenters. The Morgan fingerprint density at radius 2 is 2.20 bits per heavy atom. The molecule has 5 heteroatoms. The zero-order valence-corrected chi connectivity index (χ0v) is 11.9. The lowest BCUT2D eigenvalue weighted by atomic mass is 10.1. The summed E-state index contributed by atoms with van der Waals surface area (Å²) in [6.45, 7) is 2.45. The van der Waals surface area contributed by atoms with Crippen LogP contribution in [0.25, 0.3) is 0 Å². The van der Waals surface area contributed by atoms with Crippen LogP contribution in [-0.4, -0.2) is 17.5 Å². The number of alkyl halides is 1. The highest BCUT2D eigenvalue weighted by Gasteiger charge is 2.07. The lowest BCUT2D eigenvalue weighted by molar-refractivity contribution is 0.102. The van der Waals surface area contributed by atoms with E-state index in [9.17, 15) is 4.79 Å². The topological polar surface area (TPSA) is 51.2 Å². The fourth-order valence-corrected chi connectivity index (χ4v) is 1.85. The highest BCUT2D eigenvalue weighted by atomic mass is 35.5. The number of hydrogen-bond donors (Lipinski definition) is 1. The van der Waals surface area contributed by atoms with Crippen molar-refractivity contribution in [1.82, 2.24) is 4.98 Å². The minimum atomic E-state index is -0.192. The predicted octanol–water partition coefficient (Wildman–Crippen LogP) is 3.47. The Morgan fingerprint density at radius 3 is 2.85 bits per heavy atom. The Balaban J connectivity index is 2.06. The number of aromatic nitrogens is 1.